The number of unbranched alkanes of at least 4 members (excludes halogenated alkanes) is 51. The Hall–Kier alpha value is -1.94. The maximum Gasteiger partial charge on any atom is 0.472 e. The zero-order chi connectivity index (χ0) is 77.2. The molecule has 0 rings (SSSR count). The van der Waals surface area contributed by atoms with E-state index in [9.17, 15) is 43.2 Å². The van der Waals surface area contributed by atoms with Gasteiger partial charge in [-0.25, -0.2) is 9.13 Å². The van der Waals surface area contributed by atoms with Crippen molar-refractivity contribution in [1.29, 1.82) is 0 Å². The Morgan fingerprint density at radius 1 is 0.276 bits per heavy atom. The molecule has 17 nitrogen and oxygen atoms in total. The lowest BCUT2D eigenvalue weighted by Crippen LogP contribution is -2.30. The van der Waals surface area contributed by atoms with Gasteiger partial charge in [-0.1, -0.05) is 402 Å². The largest absolute Gasteiger partial charge is 0.472 e. The highest BCUT2D eigenvalue weighted by Gasteiger charge is 2.30. The molecule has 105 heavy (non-hydrogen) atoms. The Balaban J connectivity index is 5.22. The fraction of sp³-hybridized carbons (Fsp3) is 0.953. The number of aliphatic hydroxyl groups excluding tert-OH is 1. The van der Waals surface area contributed by atoms with Crippen molar-refractivity contribution in [3.05, 3.63) is 0 Å². The van der Waals surface area contributed by atoms with Crippen molar-refractivity contribution in [3.63, 3.8) is 0 Å². The van der Waals surface area contributed by atoms with Crippen molar-refractivity contribution < 1.29 is 80.2 Å². The van der Waals surface area contributed by atoms with Crippen molar-refractivity contribution in [2.75, 3.05) is 39.6 Å². The molecule has 0 aliphatic heterocycles. The molecule has 624 valence electrons. The summed E-state index contributed by atoms with van der Waals surface area (Å²) in [6, 6.07) is 0. The molecule has 0 bridgehead atoms. The van der Waals surface area contributed by atoms with Gasteiger partial charge in [-0.3, -0.25) is 37.3 Å². The first kappa shape index (κ1) is 103. The van der Waals surface area contributed by atoms with Gasteiger partial charge in [-0.2, -0.15) is 0 Å². The summed E-state index contributed by atoms with van der Waals surface area (Å²) in [6.45, 7) is 12.0. The van der Waals surface area contributed by atoms with Gasteiger partial charge in [0.2, 0.25) is 0 Å². The lowest BCUT2D eigenvalue weighted by Gasteiger charge is -2.21. The number of phosphoric acid groups is 2. The van der Waals surface area contributed by atoms with Gasteiger partial charge in [0, 0.05) is 25.7 Å². The molecule has 0 radical (unpaired) electrons. The molecule has 0 aromatic heterocycles. The molecule has 0 spiro atoms. The number of rotatable bonds is 84. The van der Waals surface area contributed by atoms with E-state index < -0.39 is 97.5 Å². The van der Waals surface area contributed by atoms with E-state index in [1.165, 1.54) is 257 Å². The molecule has 6 atom stereocenters. The molecule has 0 heterocycles. The van der Waals surface area contributed by atoms with Crippen molar-refractivity contribution in [2.45, 2.75) is 471 Å². The van der Waals surface area contributed by atoms with Crippen LogP contribution in [0.2, 0.25) is 0 Å². The highest BCUT2D eigenvalue weighted by molar-refractivity contribution is 7.47. The van der Waals surface area contributed by atoms with Crippen LogP contribution in [0.4, 0.5) is 0 Å². The molecule has 0 aromatic carbocycles. The zero-order valence-corrected chi connectivity index (χ0v) is 71.0. The molecule has 0 saturated heterocycles. The average Bonchev–Trinajstić information content (AvgIpc) is 0.914. The van der Waals surface area contributed by atoms with Gasteiger partial charge in [-0.15, -0.1) is 0 Å². The van der Waals surface area contributed by atoms with Gasteiger partial charge in [0.1, 0.15) is 19.3 Å². The second-order valence-electron chi connectivity index (χ2n) is 32.1. The first-order valence-corrected chi connectivity index (χ1v) is 47.4. The number of esters is 4. The molecule has 0 amide bonds. The highest BCUT2D eigenvalue weighted by Crippen LogP contribution is 2.45. The van der Waals surface area contributed by atoms with E-state index in [0.29, 0.717) is 25.7 Å². The minimum Gasteiger partial charge on any atom is -0.462 e. The summed E-state index contributed by atoms with van der Waals surface area (Å²) in [5, 5.41) is 10.7. The Kier molecular flexibility index (Phi) is 74.7. The summed E-state index contributed by atoms with van der Waals surface area (Å²) in [7, 11) is -9.93. The van der Waals surface area contributed by atoms with Gasteiger partial charge < -0.3 is 33.8 Å². The quantitative estimate of drug-likeness (QED) is 0.0222. The zero-order valence-electron chi connectivity index (χ0n) is 69.2. The molecule has 0 fully saturated rings. The SMILES string of the molecule is CCCCCCCCCCCCCCCCCCCCCCC(=O)OC[C@H](COP(=O)(O)OC[C@@H](O)COP(=O)(O)OC[C@@H](COC(=O)CCCCCCCCC(C)CC)OC(=O)CCCCCCCCCCCCCC(C)C)OC(=O)CCCCCCCCCCCCCCCCCCCCC(C)C. The third-order valence-electron chi connectivity index (χ3n) is 20.5. The van der Waals surface area contributed by atoms with Crippen LogP contribution in [0, 0.1) is 17.8 Å². The molecular weight excluding hydrogens is 1370 g/mol. The van der Waals surface area contributed by atoms with Gasteiger partial charge >= 0.3 is 39.5 Å². The predicted molar refractivity (Wildman–Crippen MR) is 432 cm³/mol. The second kappa shape index (κ2) is 76.1. The van der Waals surface area contributed by atoms with Gasteiger partial charge in [-0.05, 0) is 43.4 Å². The summed E-state index contributed by atoms with van der Waals surface area (Å²) >= 11 is 0. The Morgan fingerprint density at radius 2 is 0.486 bits per heavy atom. The molecule has 3 unspecified atom stereocenters. The first-order chi connectivity index (χ1) is 50.8. The van der Waals surface area contributed by atoms with Crippen LogP contribution >= 0.6 is 15.6 Å². The lowest BCUT2D eigenvalue weighted by molar-refractivity contribution is -0.161. The third kappa shape index (κ3) is 78.5. The number of aliphatic hydroxyl groups is 1. The molecule has 0 aromatic rings. The van der Waals surface area contributed by atoms with E-state index in [2.05, 4.69) is 48.5 Å². The van der Waals surface area contributed by atoms with Crippen molar-refractivity contribution in [1.82, 2.24) is 0 Å². The summed E-state index contributed by atoms with van der Waals surface area (Å²) < 4.78 is 68.9. The van der Waals surface area contributed by atoms with Crippen LogP contribution in [-0.2, 0) is 65.4 Å². The second-order valence-corrected chi connectivity index (χ2v) is 35.0. The smallest absolute Gasteiger partial charge is 0.462 e. The van der Waals surface area contributed by atoms with Crippen LogP contribution in [0.1, 0.15) is 453 Å². The van der Waals surface area contributed by atoms with Gasteiger partial charge in [0.25, 0.3) is 0 Å². The molecule has 0 aliphatic rings. The van der Waals surface area contributed by atoms with Crippen LogP contribution < -0.4 is 0 Å². The lowest BCUT2D eigenvalue weighted by atomic mass is 10.00. The third-order valence-corrected chi connectivity index (χ3v) is 22.4. The standard InChI is InChI=1S/C86H168O17P2/c1-8-10-11-12-13-14-15-16-17-18-19-20-24-27-30-35-40-45-53-60-67-83(88)96-73-81(102-85(90)69-62-55-46-41-36-31-28-25-22-21-23-26-29-33-38-43-50-57-64-77(3)4)75-100-104(92,93)98-71-80(87)72-99-105(94,95)101-76-82(74-97-84(89)68-61-54-49-48-52-59-66-79(7)9-2)103-86(91)70-63-56-47-42-37-32-34-39-44-51-58-65-78(5)6/h77-82,87H,8-76H2,1-7H3,(H,92,93)(H,94,95)/t79?,80-,81-,82-/m1/s1. The van der Waals surface area contributed by atoms with Crippen LogP contribution in [0.25, 0.3) is 0 Å². The van der Waals surface area contributed by atoms with E-state index >= 15 is 0 Å². The number of hydrogen-bond acceptors (Lipinski definition) is 15. The fourth-order valence-electron chi connectivity index (χ4n) is 13.3. The minimum absolute atomic E-state index is 0.106. The summed E-state index contributed by atoms with van der Waals surface area (Å²) in [6.07, 6.45) is 66.8. The topological polar surface area (TPSA) is 237 Å². The Bertz CT molecular complexity index is 2030. The Labute approximate surface area is 645 Å². The van der Waals surface area contributed by atoms with Crippen molar-refractivity contribution >= 4 is 39.5 Å². The first-order valence-electron chi connectivity index (χ1n) is 44.4. The monoisotopic (exact) mass is 1540 g/mol. The van der Waals surface area contributed by atoms with Crippen LogP contribution in [0.15, 0.2) is 0 Å². The summed E-state index contributed by atoms with van der Waals surface area (Å²) in [5.41, 5.74) is 0. The maximum atomic E-state index is 13.1. The van der Waals surface area contributed by atoms with Crippen molar-refractivity contribution in [3.8, 4) is 0 Å². The maximum absolute atomic E-state index is 13.1. The van der Waals surface area contributed by atoms with Crippen LogP contribution in [0.5, 0.6) is 0 Å². The summed E-state index contributed by atoms with van der Waals surface area (Å²) in [5.74, 6) is 0.209. The number of carbonyl (C=O) groups is 4. The number of carbonyl (C=O) groups excluding carboxylic acids is 4. The summed E-state index contributed by atoms with van der Waals surface area (Å²) in [4.78, 5) is 73.2. The predicted octanol–water partition coefficient (Wildman–Crippen LogP) is 26.1. The molecular formula is C86H168O17P2. The van der Waals surface area contributed by atoms with E-state index in [0.717, 1.165) is 114 Å². The molecule has 3 N–H and O–H groups in total. The van der Waals surface area contributed by atoms with E-state index in [1.54, 1.807) is 0 Å². The van der Waals surface area contributed by atoms with Gasteiger partial charge in [0.15, 0.2) is 12.2 Å². The number of ether oxygens (including phenoxy) is 4. The molecule has 0 saturated carbocycles. The highest BCUT2D eigenvalue weighted by atomic mass is 31.2. The average molecular weight is 1540 g/mol. The normalized spacial score (nSPS) is 14.1. The molecule has 0 aliphatic carbocycles. The Morgan fingerprint density at radius 3 is 0.724 bits per heavy atom. The van der Waals surface area contributed by atoms with E-state index in [4.69, 9.17) is 37.0 Å². The molecule has 19 heteroatoms. The van der Waals surface area contributed by atoms with Crippen molar-refractivity contribution in [2.24, 2.45) is 17.8 Å². The van der Waals surface area contributed by atoms with Crippen LogP contribution in [-0.4, -0.2) is 96.7 Å². The van der Waals surface area contributed by atoms with Gasteiger partial charge in [0.05, 0.1) is 26.4 Å². The number of hydrogen-bond donors (Lipinski definition) is 3. The van der Waals surface area contributed by atoms with E-state index in [1.807, 2.05) is 0 Å². The van der Waals surface area contributed by atoms with E-state index in [-0.39, 0.29) is 25.7 Å². The fourth-order valence-corrected chi connectivity index (χ4v) is 14.9. The van der Waals surface area contributed by atoms with Crippen LogP contribution in [0.3, 0.4) is 0 Å². The number of phosphoric ester groups is 2. The minimum atomic E-state index is -4.97.